The van der Waals surface area contributed by atoms with Gasteiger partial charge in [-0.2, -0.15) is 0 Å². The zero-order valence-corrected chi connectivity index (χ0v) is 36.7. The predicted octanol–water partition coefficient (Wildman–Crippen LogP) is 10.5. The van der Waals surface area contributed by atoms with Crippen LogP contribution in [-0.4, -0.2) is 70.7 Å². The fourth-order valence-corrected chi connectivity index (χ4v) is 8.60. The average molecular weight is 879 g/mol. The third-order valence-corrected chi connectivity index (χ3v) is 12.3. The lowest BCUT2D eigenvalue weighted by molar-refractivity contribution is -0.118. The van der Waals surface area contributed by atoms with Gasteiger partial charge in [0.05, 0.1) is 17.3 Å². The van der Waals surface area contributed by atoms with Gasteiger partial charge < -0.3 is 29.7 Å². The first-order valence-electron chi connectivity index (χ1n) is 22.4. The number of nitrogens with zero attached hydrogens (tertiary/aromatic N) is 2. The number of likely N-dealkylation sites (tertiary alicyclic amines) is 1. The molecule has 11 heteroatoms. The number of pyridine rings is 1. The summed E-state index contributed by atoms with van der Waals surface area (Å²) in [5.41, 5.74) is 7.11. The van der Waals surface area contributed by atoms with Crippen molar-refractivity contribution in [3.05, 3.63) is 160 Å². The van der Waals surface area contributed by atoms with E-state index in [1.54, 1.807) is 36.2 Å². The maximum absolute atomic E-state index is 13.2. The number of ether oxygens (including phenoxy) is 1. The standard InChI is InChI=1S/C53H58N4O7.CH4/c1-36(18-25-48(59)44-23-26-49(60)52-45(44)24-27-50(61)55-52)34-38-12-8-10-37(35-38)11-9-17-47(58)40-19-21-41(22-20-40)56(2)51(62)30-33-57-31-28-42(29-32-57)64-53(63)54-46-16-7-6-15-43(46)39-13-4-3-5-14-39;/h3-8,10,12-16,19-24,26-27,35-36,42,48,59-60H,9,11,17-18,25,28-34H2,1-2H3,(H,54,63)(H,55,61);1H4/t36-,48+;/m1./s1. The van der Waals surface area contributed by atoms with Crippen LogP contribution in [0.5, 0.6) is 5.75 Å². The molecule has 1 fully saturated rings. The van der Waals surface area contributed by atoms with Crippen molar-refractivity contribution >= 4 is 40.1 Å². The van der Waals surface area contributed by atoms with E-state index >= 15 is 0 Å². The quantitative estimate of drug-likeness (QED) is 0.0623. The molecule has 340 valence electrons. The summed E-state index contributed by atoms with van der Waals surface area (Å²) in [6.45, 7) is 4.25. The lowest BCUT2D eigenvalue weighted by Gasteiger charge is -2.31. The van der Waals surface area contributed by atoms with Crippen LogP contribution in [-0.2, 0) is 22.4 Å². The summed E-state index contributed by atoms with van der Waals surface area (Å²) in [5.74, 6) is 0.349. The Morgan fingerprint density at radius 1 is 0.846 bits per heavy atom. The number of hydrogen-bond donors (Lipinski definition) is 4. The summed E-state index contributed by atoms with van der Waals surface area (Å²) < 4.78 is 5.78. The lowest BCUT2D eigenvalue weighted by atomic mass is 9.91. The van der Waals surface area contributed by atoms with Crippen molar-refractivity contribution in [2.75, 3.05) is 36.9 Å². The topological polar surface area (TPSA) is 152 Å². The van der Waals surface area contributed by atoms with Crippen LogP contribution in [0, 0.1) is 5.92 Å². The van der Waals surface area contributed by atoms with Crippen LogP contribution in [0.3, 0.4) is 0 Å². The van der Waals surface area contributed by atoms with Crippen molar-refractivity contribution in [1.29, 1.82) is 0 Å². The van der Waals surface area contributed by atoms with Gasteiger partial charge in [0.25, 0.3) is 0 Å². The maximum Gasteiger partial charge on any atom is 0.411 e. The second kappa shape index (κ2) is 22.9. The highest BCUT2D eigenvalue weighted by molar-refractivity contribution is 5.98. The molecule has 7 rings (SSSR count). The largest absolute Gasteiger partial charge is 0.506 e. The van der Waals surface area contributed by atoms with Gasteiger partial charge in [0.15, 0.2) is 5.78 Å². The minimum atomic E-state index is -0.730. The first kappa shape index (κ1) is 47.9. The molecule has 1 aliphatic heterocycles. The molecule has 4 N–H and O–H groups in total. The molecule has 11 nitrogen and oxygen atoms in total. The molecule has 1 aromatic heterocycles. The molecule has 0 saturated carbocycles. The van der Waals surface area contributed by atoms with Crippen molar-refractivity contribution in [2.45, 2.75) is 84.3 Å². The number of rotatable bonds is 18. The van der Waals surface area contributed by atoms with E-state index in [4.69, 9.17) is 4.74 Å². The van der Waals surface area contributed by atoms with Crippen LogP contribution in [0.25, 0.3) is 22.0 Å². The molecule has 6 aromatic rings. The second-order valence-electron chi connectivity index (χ2n) is 17.0. The van der Waals surface area contributed by atoms with Crippen LogP contribution >= 0.6 is 0 Å². The van der Waals surface area contributed by atoms with Gasteiger partial charge in [-0.1, -0.05) is 93.2 Å². The number of aromatic hydroxyl groups is 1. The number of carbonyl (C=O) groups excluding carboxylic acids is 3. The molecule has 2 heterocycles. The molecular weight excluding hydrogens is 817 g/mol. The van der Waals surface area contributed by atoms with Gasteiger partial charge in [-0.3, -0.25) is 19.7 Å². The number of anilines is 2. The molecule has 0 aliphatic carbocycles. The predicted molar refractivity (Wildman–Crippen MR) is 260 cm³/mol. The van der Waals surface area contributed by atoms with Crippen molar-refractivity contribution in [3.63, 3.8) is 0 Å². The maximum atomic E-state index is 13.2. The molecule has 2 amide bonds. The van der Waals surface area contributed by atoms with Gasteiger partial charge in [0.2, 0.25) is 11.5 Å². The summed E-state index contributed by atoms with van der Waals surface area (Å²) in [5, 5.41) is 24.8. The molecule has 0 radical (unpaired) electrons. The molecule has 1 aliphatic rings. The van der Waals surface area contributed by atoms with Crippen molar-refractivity contribution in [2.24, 2.45) is 5.92 Å². The van der Waals surface area contributed by atoms with Gasteiger partial charge in [0.1, 0.15) is 11.9 Å². The van der Waals surface area contributed by atoms with Crippen LogP contribution in [0.2, 0.25) is 0 Å². The van der Waals surface area contributed by atoms with Gasteiger partial charge in [-0.05, 0) is 116 Å². The Hall–Kier alpha value is -6.56. The number of Topliss-reactive ketones (excluding diaryl/α,β-unsaturated/α-hetero) is 1. The van der Waals surface area contributed by atoms with E-state index in [-0.39, 0.29) is 36.5 Å². The van der Waals surface area contributed by atoms with E-state index in [1.165, 1.54) is 23.3 Å². The van der Waals surface area contributed by atoms with Crippen molar-refractivity contribution in [1.82, 2.24) is 9.88 Å². The molecule has 1 saturated heterocycles. The number of nitrogens with one attached hydrogen (secondary N) is 2. The van der Waals surface area contributed by atoms with Crippen LogP contribution in [0.15, 0.2) is 132 Å². The number of aromatic nitrogens is 1. The van der Waals surface area contributed by atoms with Crippen molar-refractivity contribution < 1.29 is 29.3 Å². The Morgan fingerprint density at radius 3 is 2.34 bits per heavy atom. The number of aliphatic hydroxyl groups excluding tert-OH is 1. The molecule has 65 heavy (non-hydrogen) atoms. The van der Waals surface area contributed by atoms with Gasteiger partial charge in [0, 0.05) is 67.8 Å². The monoisotopic (exact) mass is 878 g/mol. The summed E-state index contributed by atoms with van der Waals surface area (Å²) in [6.07, 6.45) is 4.47. The fraction of sp³-hybridized carbons (Fsp3) is 0.333. The highest BCUT2D eigenvalue weighted by Gasteiger charge is 2.24. The number of phenolic OH excluding ortho intramolecular Hbond substituents is 1. The van der Waals surface area contributed by atoms with E-state index in [0.717, 1.165) is 55.6 Å². The molecule has 0 bridgehead atoms. The normalized spacial score (nSPS) is 14.0. The SMILES string of the molecule is C.C[C@H](CC[C@H](O)c1ccc(O)c2[nH]c(=O)ccc12)Cc1cccc(CCCC(=O)c2ccc(N(C)C(=O)CCN3CCC(OC(=O)Nc4ccccc4-c4ccccc4)CC3)cc2)c1. The number of hydrogen-bond acceptors (Lipinski definition) is 8. The first-order valence-corrected chi connectivity index (χ1v) is 22.4. The number of benzene rings is 5. The molecule has 2 atom stereocenters. The minimum absolute atomic E-state index is 0. The third kappa shape index (κ3) is 13.0. The molecule has 0 spiro atoms. The number of phenols is 1. The van der Waals surface area contributed by atoms with E-state index in [2.05, 4.69) is 46.4 Å². The second-order valence-corrected chi connectivity index (χ2v) is 17.0. The number of carbonyl (C=O) groups is 3. The van der Waals surface area contributed by atoms with Gasteiger partial charge in [-0.15, -0.1) is 0 Å². The van der Waals surface area contributed by atoms with E-state index < -0.39 is 12.2 Å². The number of para-hydroxylation sites is 1. The Kier molecular flexibility index (Phi) is 16.9. The summed E-state index contributed by atoms with van der Waals surface area (Å²) in [4.78, 5) is 57.4. The summed E-state index contributed by atoms with van der Waals surface area (Å²) in [7, 11) is 1.76. The first-order chi connectivity index (χ1) is 31.0. The molecular formula is C54H62N4O7. The summed E-state index contributed by atoms with van der Waals surface area (Å²) in [6, 6.07) is 39.6. The highest BCUT2D eigenvalue weighted by atomic mass is 16.6. The number of amides is 2. The minimum Gasteiger partial charge on any atom is -0.506 e. The van der Waals surface area contributed by atoms with Crippen LogP contribution < -0.4 is 15.8 Å². The average Bonchev–Trinajstić information content (AvgIpc) is 3.31. The smallest absolute Gasteiger partial charge is 0.411 e. The highest BCUT2D eigenvalue weighted by Crippen LogP contribution is 2.32. The van der Waals surface area contributed by atoms with E-state index in [9.17, 15) is 29.4 Å². The number of aryl methyl sites for hydroxylation is 1. The van der Waals surface area contributed by atoms with E-state index in [0.29, 0.717) is 72.3 Å². The Bertz CT molecular complexity index is 2590. The van der Waals surface area contributed by atoms with Gasteiger partial charge in [-0.25, -0.2) is 4.79 Å². The Labute approximate surface area is 382 Å². The number of aromatic amines is 1. The Morgan fingerprint density at radius 2 is 1.57 bits per heavy atom. The lowest BCUT2D eigenvalue weighted by Crippen LogP contribution is -2.40. The van der Waals surface area contributed by atoms with Gasteiger partial charge >= 0.3 is 6.09 Å². The zero-order valence-electron chi connectivity index (χ0n) is 36.7. The number of piperidine rings is 1. The van der Waals surface area contributed by atoms with Crippen LogP contribution in [0.1, 0.15) is 92.4 Å². The Balaban J connectivity index is 0.00000700. The molecule has 0 unspecified atom stereocenters. The molecule has 5 aromatic carbocycles. The fourth-order valence-electron chi connectivity index (χ4n) is 8.60. The number of ketones is 1. The zero-order chi connectivity index (χ0) is 45.0. The van der Waals surface area contributed by atoms with Crippen LogP contribution in [0.4, 0.5) is 16.2 Å². The van der Waals surface area contributed by atoms with Crippen molar-refractivity contribution in [3.8, 4) is 16.9 Å². The van der Waals surface area contributed by atoms with E-state index in [1.807, 2.05) is 66.7 Å². The third-order valence-electron chi connectivity index (χ3n) is 12.3. The number of aliphatic hydroxyl groups is 1. The number of fused-ring (bicyclic) bond motifs is 1. The number of H-pyrrole nitrogens is 1. The summed E-state index contributed by atoms with van der Waals surface area (Å²) >= 11 is 0.